The Kier molecular flexibility index (Phi) is 8.46. The van der Waals surface area contributed by atoms with Gasteiger partial charge in [0.1, 0.15) is 12.6 Å². The molecule has 0 aliphatic heterocycles. The van der Waals surface area contributed by atoms with E-state index in [2.05, 4.69) is 25.3 Å². The van der Waals surface area contributed by atoms with Gasteiger partial charge in [0.05, 0.1) is 18.4 Å². The van der Waals surface area contributed by atoms with E-state index in [0.29, 0.717) is 23.4 Å². The smallest absolute Gasteiger partial charge is 0.326 e. The molecule has 0 spiro atoms. The van der Waals surface area contributed by atoms with E-state index in [9.17, 15) is 19.5 Å². The topological polar surface area (TPSA) is 226 Å². The predicted molar refractivity (Wildman–Crippen MR) is 131 cm³/mol. The number of amides is 1. The molecule has 0 unspecified atom stereocenters. The second-order valence-corrected chi connectivity index (χ2v) is 7.82. The fourth-order valence-electron chi connectivity index (χ4n) is 3.27. The molecule has 1 aromatic carbocycles. The van der Waals surface area contributed by atoms with Crippen LogP contribution < -0.4 is 27.4 Å². The quantitative estimate of drug-likeness (QED) is 0.214. The Morgan fingerprint density at radius 1 is 1.14 bits per heavy atom. The zero-order chi connectivity index (χ0) is 26.2. The van der Waals surface area contributed by atoms with Crippen molar-refractivity contribution in [1.82, 2.24) is 25.3 Å². The zero-order valence-electron chi connectivity index (χ0n) is 19.5. The van der Waals surface area contributed by atoms with Crippen molar-refractivity contribution < 1.29 is 24.2 Å². The third-order valence-electron chi connectivity index (χ3n) is 5.09. The van der Waals surface area contributed by atoms with Gasteiger partial charge in [0.2, 0.25) is 5.95 Å². The minimum absolute atomic E-state index is 0.0167. The lowest BCUT2D eigenvalue weighted by atomic mass is 10.1. The summed E-state index contributed by atoms with van der Waals surface area (Å²) in [6, 6.07) is 5.30. The molecule has 3 aromatic rings. The van der Waals surface area contributed by atoms with Gasteiger partial charge in [-0.25, -0.2) is 14.8 Å². The van der Waals surface area contributed by atoms with Gasteiger partial charge in [-0.1, -0.05) is 0 Å². The third-order valence-corrected chi connectivity index (χ3v) is 5.09. The van der Waals surface area contributed by atoms with Crippen LogP contribution in [-0.2, 0) is 20.9 Å². The highest BCUT2D eigenvalue weighted by atomic mass is 16.5. The fraction of sp³-hybridized carbons (Fsp3) is 0.318. The monoisotopic (exact) mass is 497 g/mol. The fourth-order valence-corrected chi connectivity index (χ4v) is 3.27. The summed E-state index contributed by atoms with van der Waals surface area (Å²) in [5.41, 5.74) is 19.0. The molecule has 0 radical (unpaired) electrons. The molecule has 2 heterocycles. The Balaban J connectivity index is 1.62. The molecule has 2 aromatic heterocycles. The Labute approximate surface area is 205 Å². The highest BCUT2D eigenvalue weighted by molar-refractivity contribution is 5.97. The summed E-state index contributed by atoms with van der Waals surface area (Å²) in [6.45, 7) is 0.596. The van der Waals surface area contributed by atoms with Crippen molar-refractivity contribution in [3.8, 4) is 0 Å². The van der Waals surface area contributed by atoms with E-state index in [-0.39, 0.29) is 43.3 Å². The predicted octanol–water partition coefficient (Wildman–Crippen LogP) is -0.314. The van der Waals surface area contributed by atoms with E-state index < -0.39 is 23.9 Å². The number of hydrogen-bond donors (Lipinski definition) is 5. The number of rotatable bonds is 11. The molecular weight excluding hydrogens is 470 g/mol. The molecule has 3 rings (SSSR count). The lowest BCUT2D eigenvalue weighted by molar-refractivity contribution is -0.144. The average molecular weight is 498 g/mol. The summed E-state index contributed by atoms with van der Waals surface area (Å²) in [6.07, 6.45) is 1.29. The minimum atomic E-state index is -1.25. The number of fused-ring (bicyclic) bond motifs is 1. The largest absolute Gasteiger partial charge is 0.480 e. The summed E-state index contributed by atoms with van der Waals surface area (Å²) in [4.78, 5) is 54.1. The van der Waals surface area contributed by atoms with E-state index in [1.807, 2.05) is 11.9 Å². The number of carbonyl (C=O) groups is 3. The Bertz CT molecular complexity index is 1250. The SMILES string of the molecule is CN(Cc1cnc2nc(N)nc(N)c2n1)c1ccc(C(=O)N[C@H](CCC(=O)OCCN)C(=O)O)cc1. The molecule has 14 nitrogen and oxygen atoms in total. The van der Waals surface area contributed by atoms with Crippen LogP contribution in [0.25, 0.3) is 11.2 Å². The van der Waals surface area contributed by atoms with Crippen molar-refractivity contribution >= 4 is 46.5 Å². The number of aromatic nitrogens is 4. The number of nitrogens with two attached hydrogens (primary N) is 3. The van der Waals surface area contributed by atoms with Crippen LogP contribution >= 0.6 is 0 Å². The number of carbonyl (C=O) groups excluding carboxylic acids is 2. The van der Waals surface area contributed by atoms with Crippen molar-refractivity contribution in [2.45, 2.75) is 25.4 Å². The molecule has 1 atom stereocenters. The zero-order valence-corrected chi connectivity index (χ0v) is 19.5. The van der Waals surface area contributed by atoms with Crippen LogP contribution in [0.1, 0.15) is 28.9 Å². The van der Waals surface area contributed by atoms with Crippen LogP contribution in [0.3, 0.4) is 0 Å². The highest BCUT2D eigenvalue weighted by Crippen LogP contribution is 2.19. The van der Waals surface area contributed by atoms with E-state index in [0.717, 1.165) is 5.69 Å². The molecule has 8 N–H and O–H groups in total. The first-order chi connectivity index (χ1) is 17.2. The van der Waals surface area contributed by atoms with Crippen molar-refractivity contribution in [2.75, 3.05) is 36.6 Å². The number of hydrogen-bond acceptors (Lipinski definition) is 12. The van der Waals surface area contributed by atoms with Gasteiger partial charge in [-0.05, 0) is 30.7 Å². The molecule has 14 heteroatoms. The first kappa shape index (κ1) is 26.0. The number of anilines is 3. The average Bonchev–Trinajstić information content (AvgIpc) is 2.85. The summed E-state index contributed by atoms with van der Waals surface area (Å²) >= 11 is 0. The summed E-state index contributed by atoms with van der Waals surface area (Å²) in [7, 11) is 1.83. The van der Waals surface area contributed by atoms with Gasteiger partial charge < -0.3 is 37.3 Å². The first-order valence-electron chi connectivity index (χ1n) is 10.9. The maximum absolute atomic E-state index is 12.6. The number of nitrogens with one attached hydrogen (secondary N) is 1. The molecular formula is C22H27N9O5. The Hall–Kier alpha value is -4.59. The van der Waals surface area contributed by atoms with Gasteiger partial charge >= 0.3 is 11.9 Å². The van der Waals surface area contributed by atoms with Crippen molar-refractivity contribution in [1.29, 1.82) is 0 Å². The van der Waals surface area contributed by atoms with E-state index in [1.54, 1.807) is 30.5 Å². The number of aliphatic carboxylic acids is 1. The van der Waals surface area contributed by atoms with Crippen LogP contribution in [0.5, 0.6) is 0 Å². The van der Waals surface area contributed by atoms with Gasteiger partial charge in [-0.3, -0.25) is 9.59 Å². The van der Waals surface area contributed by atoms with E-state index >= 15 is 0 Å². The molecule has 0 aliphatic rings. The minimum Gasteiger partial charge on any atom is -0.480 e. The number of ether oxygens (including phenoxy) is 1. The van der Waals surface area contributed by atoms with E-state index in [4.69, 9.17) is 21.9 Å². The van der Waals surface area contributed by atoms with Crippen molar-refractivity contribution in [3.63, 3.8) is 0 Å². The molecule has 0 saturated carbocycles. The lowest BCUT2D eigenvalue weighted by Gasteiger charge is -2.19. The number of esters is 1. The van der Waals surface area contributed by atoms with Gasteiger partial charge in [0, 0.05) is 31.3 Å². The summed E-state index contributed by atoms with van der Waals surface area (Å²) in [5, 5.41) is 11.8. The molecule has 1 amide bonds. The van der Waals surface area contributed by atoms with Crippen molar-refractivity contribution in [3.05, 3.63) is 41.7 Å². The second-order valence-electron chi connectivity index (χ2n) is 7.82. The normalized spacial score (nSPS) is 11.6. The van der Waals surface area contributed by atoms with Crippen LogP contribution in [0.4, 0.5) is 17.5 Å². The lowest BCUT2D eigenvalue weighted by Crippen LogP contribution is -2.41. The summed E-state index contributed by atoms with van der Waals surface area (Å²) < 4.78 is 4.82. The molecule has 0 saturated heterocycles. The van der Waals surface area contributed by atoms with Gasteiger partial charge in [0.25, 0.3) is 5.91 Å². The number of nitrogen functional groups attached to an aromatic ring is 2. The number of benzene rings is 1. The molecule has 190 valence electrons. The standard InChI is InChI=1S/C22H27N9O5/c1-31(11-13-10-26-19-17(27-13)18(24)29-22(25)30-19)14-4-2-12(3-5-14)20(33)28-15(21(34)35)6-7-16(32)36-9-8-23/h2-5,10,15H,6-9,11,23H2,1H3,(H,28,33)(H,34,35)(H4,24,25,26,29,30)/t15-/m1/s1. The van der Waals surface area contributed by atoms with Gasteiger partial charge in [0.15, 0.2) is 17.0 Å². The van der Waals surface area contributed by atoms with Crippen molar-refractivity contribution in [2.24, 2.45) is 5.73 Å². The van der Waals surface area contributed by atoms with E-state index in [1.165, 1.54) is 0 Å². The number of carboxylic acids is 1. The van der Waals surface area contributed by atoms with Crippen LogP contribution in [0, 0.1) is 0 Å². The van der Waals surface area contributed by atoms with Gasteiger partial charge in [-0.2, -0.15) is 9.97 Å². The molecule has 36 heavy (non-hydrogen) atoms. The Morgan fingerprint density at radius 2 is 1.86 bits per heavy atom. The highest BCUT2D eigenvalue weighted by Gasteiger charge is 2.22. The molecule has 0 fully saturated rings. The summed E-state index contributed by atoms with van der Waals surface area (Å²) in [5.74, 6) is -2.26. The first-order valence-corrected chi connectivity index (χ1v) is 10.9. The number of nitrogens with zero attached hydrogens (tertiary/aromatic N) is 5. The molecule has 0 bridgehead atoms. The van der Waals surface area contributed by atoms with Crippen LogP contribution in [-0.4, -0.2) is 69.1 Å². The van der Waals surface area contributed by atoms with Crippen LogP contribution in [0.2, 0.25) is 0 Å². The van der Waals surface area contributed by atoms with Gasteiger partial charge in [-0.15, -0.1) is 0 Å². The number of carboxylic acid groups (broad SMARTS) is 1. The van der Waals surface area contributed by atoms with Crippen LogP contribution in [0.15, 0.2) is 30.5 Å². The maximum Gasteiger partial charge on any atom is 0.326 e. The second kappa shape index (κ2) is 11.7. The maximum atomic E-state index is 12.6. The molecule has 0 aliphatic carbocycles. The Morgan fingerprint density at radius 3 is 2.53 bits per heavy atom. The third kappa shape index (κ3) is 6.73.